The van der Waals surface area contributed by atoms with Gasteiger partial charge in [0, 0.05) is 25.9 Å². The van der Waals surface area contributed by atoms with Gasteiger partial charge in [-0.25, -0.2) is 4.79 Å². The molecule has 104 valence electrons. The van der Waals surface area contributed by atoms with E-state index in [-0.39, 0.29) is 12.1 Å². The van der Waals surface area contributed by atoms with E-state index in [4.69, 9.17) is 4.74 Å². The van der Waals surface area contributed by atoms with Crippen LogP contribution < -0.4 is 4.90 Å². The molecule has 1 atom stereocenters. The molecule has 19 heavy (non-hydrogen) atoms. The first-order valence-electron chi connectivity index (χ1n) is 6.91. The molecule has 0 aliphatic carbocycles. The van der Waals surface area contributed by atoms with Gasteiger partial charge in [0.1, 0.15) is 0 Å². The summed E-state index contributed by atoms with van der Waals surface area (Å²) < 4.78 is 5.69. The number of benzene rings is 1. The first kappa shape index (κ1) is 13.9. The van der Waals surface area contributed by atoms with Crippen LogP contribution in [-0.2, 0) is 4.74 Å². The van der Waals surface area contributed by atoms with Crippen molar-refractivity contribution in [3.63, 3.8) is 0 Å². The van der Waals surface area contributed by atoms with E-state index in [0.717, 1.165) is 31.7 Å². The second-order valence-corrected chi connectivity index (χ2v) is 4.95. The molecule has 1 saturated heterocycles. The lowest BCUT2D eigenvalue weighted by molar-refractivity contribution is 0.119. The summed E-state index contributed by atoms with van der Waals surface area (Å²) in [6, 6.07) is 9.96. The predicted molar refractivity (Wildman–Crippen MR) is 76.5 cm³/mol. The quantitative estimate of drug-likeness (QED) is 0.738. The van der Waals surface area contributed by atoms with E-state index in [1.54, 1.807) is 4.90 Å². The number of carbonyl (C=O) groups is 1. The Morgan fingerprint density at radius 1 is 1.32 bits per heavy atom. The highest BCUT2D eigenvalue weighted by Crippen LogP contribution is 2.23. The van der Waals surface area contributed by atoms with Crippen molar-refractivity contribution in [2.24, 2.45) is 0 Å². The molecule has 1 aliphatic rings. The monoisotopic (exact) mass is 262 g/mol. The van der Waals surface area contributed by atoms with E-state index < -0.39 is 0 Å². The zero-order valence-electron chi connectivity index (χ0n) is 11.7. The van der Waals surface area contributed by atoms with E-state index >= 15 is 0 Å². The second-order valence-electron chi connectivity index (χ2n) is 4.95. The van der Waals surface area contributed by atoms with Crippen LogP contribution in [0.5, 0.6) is 0 Å². The summed E-state index contributed by atoms with van der Waals surface area (Å²) in [4.78, 5) is 15.8. The van der Waals surface area contributed by atoms with Crippen LogP contribution in [0.4, 0.5) is 10.5 Å². The molecule has 0 bridgehead atoms. The molecule has 0 N–H and O–H groups in total. The number of likely N-dealkylation sites (N-methyl/N-ethyl adjacent to an activating group) is 1. The van der Waals surface area contributed by atoms with Gasteiger partial charge in [-0.05, 0) is 18.6 Å². The smallest absolute Gasteiger partial charge is 0.324 e. The van der Waals surface area contributed by atoms with E-state index in [0.29, 0.717) is 6.61 Å². The Hall–Kier alpha value is -1.55. The number of amides is 2. The second kappa shape index (κ2) is 6.57. The van der Waals surface area contributed by atoms with Gasteiger partial charge in [0.15, 0.2) is 0 Å². The number of hydrogen-bond acceptors (Lipinski definition) is 2. The molecule has 0 aromatic heterocycles. The molecule has 2 amide bonds. The van der Waals surface area contributed by atoms with Crippen molar-refractivity contribution in [3.05, 3.63) is 30.3 Å². The Morgan fingerprint density at radius 3 is 2.74 bits per heavy atom. The number of para-hydroxylation sites is 1. The lowest BCUT2D eigenvalue weighted by Crippen LogP contribution is -2.37. The Kier molecular flexibility index (Phi) is 4.80. The van der Waals surface area contributed by atoms with Crippen molar-refractivity contribution in [1.82, 2.24) is 4.90 Å². The van der Waals surface area contributed by atoms with Crippen molar-refractivity contribution in [2.45, 2.75) is 25.8 Å². The maximum Gasteiger partial charge on any atom is 0.324 e. The van der Waals surface area contributed by atoms with E-state index in [2.05, 4.69) is 6.92 Å². The third kappa shape index (κ3) is 3.26. The highest BCUT2D eigenvalue weighted by Gasteiger charge is 2.36. The van der Waals surface area contributed by atoms with Gasteiger partial charge in [-0.3, -0.25) is 4.90 Å². The standard InChI is InChI=1S/C15H22N2O2/c1-3-4-10-19-12-14-11-16(2)15(18)17(14)13-8-6-5-7-9-13/h5-9,14H,3-4,10-12H2,1-2H3/t14-/m1/s1. The molecule has 4 nitrogen and oxygen atoms in total. The van der Waals surface area contributed by atoms with E-state index in [9.17, 15) is 4.79 Å². The molecule has 1 fully saturated rings. The van der Waals surface area contributed by atoms with Gasteiger partial charge in [-0.15, -0.1) is 0 Å². The van der Waals surface area contributed by atoms with Gasteiger partial charge in [-0.2, -0.15) is 0 Å². The van der Waals surface area contributed by atoms with Gasteiger partial charge >= 0.3 is 6.03 Å². The Bertz CT molecular complexity index is 408. The molecule has 1 aliphatic heterocycles. The molecule has 4 heteroatoms. The summed E-state index contributed by atoms with van der Waals surface area (Å²) in [6.07, 6.45) is 2.20. The molecule has 0 radical (unpaired) electrons. The van der Waals surface area contributed by atoms with Crippen molar-refractivity contribution in [1.29, 1.82) is 0 Å². The minimum atomic E-state index is 0.0512. The Balaban J connectivity index is 2.02. The number of urea groups is 1. The highest BCUT2D eigenvalue weighted by molar-refractivity contribution is 5.94. The minimum Gasteiger partial charge on any atom is -0.379 e. The molecule has 2 rings (SSSR count). The van der Waals surface area contributed by atoms with Crippen molar-refractivity contribution >= 4 is 11.7 Å². The first-order chi connectivity index (χ1) is 9.24. The maximum absolute atomic E-state index is 12.2. The normalized spacial score (nSPS) is 19.3. The topological polar surface area (TPSA) is 32.8 Å². The van der Waals surface area contributed by atoms with Gasteiger partial charge in [-0.1, -0.05) is 31.5 Å². The number of unbranched alkanes of at least 4 members (excludes halogenated alkanes) is 1. The average molecular weight is 262 g/mol. The Morgan fingerprint density at radius 2 is 2.05 bits per heavy atom. The zero-order chi connectivity index (χ0) is 13.7. The van der Waals surface area contributed by atoms with Crippen molar-refractivity contribution in [3.8, 4) is 0 Å². The largest absolute Gasteiger partial charge is 0.379 e. The zero-order valence-corrected chi connectivity index (χ0v) is 11.7. The lowest BCUT2D eigenvalue weighted by Gasteiger charge is -2.23. The van der Waals surface area contributed by atoms with Crippen LogP contribution >= 0.6 is 0 Å². The molecule has 1 aromatic rings. The van der Waals surface area contributed by atoms with Gasteiger partial charge in [0.25, 0.3) is 0 Å². The summed E-state index contributed by atoms with van der Waals surface area (Å²) >= 11 is 0. The molecule has 0 unspecified atom stereocenters. The third-order valence-corrected chi connectivity index (χ3v) is 3.37. The summed E-state index contributed by atoms with van der Waals surface area (Å²) in [6.45, 7) is 4.24. The number of anilines is 1. The lowest BCUT2D eigenvalue weighted by atomic mass is 10.2. The number of hydrogen-bond donors (Lipinski definition) is 0. The maximum atomic E-state index is 12.2. The minimum absolute atomic E-state index is 0.0512. The summed E-state index contributed by atoms with van der Waals surface area (Å²) in [5.74, 6) is 0. The fraction of sp³-hybridized carbons (Fsp3) is 0.533. The van der Waals surface area contributed by atoms with Gasteiger partial charge in [0.2, 0.25) is 0 Å². The summed E-state index contributed by atoms with van der Waals surface area (Å²) in [7, 11) is 1.84. The van der Waals surface area contributed by atoms with Crippen molar-refractivity contribution in [2.75, 3.05) is 31.7 Å². The molecular weight excluding hydrogens is 240 g/mol. The molecular formula is C15H22N2O2. The third-order valence-electron chi connectivity index (χ3n) is 3.37. The SMILES string of the molecule is CCCCOC[C@H]1CN(C)C(=O)N1c1ccccc1. The fourth-order valence-corrected chi connectivity index (χ4v) is 2.32. The Labute approximate surface area is 115 Å². The van der Waals surface area contributed by atoms with Crippen LogP contribution in [0.1, 0.15) is 19.8 Å². The number of carbonyl (C=O) groups excluding carboxylic acids is 1. The van der Waals surface area contributed by atoms with Crippen molar-refractivity contribution < 1.29 is 9.53 Å². The van der Waals surface area contributed by atoms with Crippen LogP contribution in [-0.4, -0.2) is 43.8 Å². The van der Waals surface area contributed by atoms with E-state index in [1.807, 2.05) is 42.3 Å². The van der Waals surface area contributed by atoms with Gasteiger partial charge in [0.05, 0.1) is 12.6 Å². The number of nitrogens with zero attached hydrogens (tertiary/aromatic N) is 2. The van der Waals surface area contributed by atoms with Gasteiger partial charge < -0.3 is 9.64 Å². The highest BCUT2D eigenvalue weighted by atomic mass is 16.5. The number of rotatable bonds is 6. The molecule has 0 saturated carbocycles. The van der Waals surface area contributed by atoms with Crippen LogP contribution in [0.15, 0.2) is 30.3 Å². The van der Waals surface area contributed by atoms with Crippen LogP contribution in [0, 0.1) is 0 Å². The average Bonchev–Trinajstić information content (AvgIpc) is 2.71. The first-order valence-corrected chi connectivity index (χ1v) is 6.91. The molecule has 1 heterocycles. The molecule has 1 aromatic carbocycles. The summed E-state index contributed by atoms with van der Waals surface area (Å²) in [5.41, 5.74) is 0.945. The van der Waals surface area contributed by atoms with Crippen LogP contribution in [0.25, 0.3) is 0 Å². The number of ether oxygens (including phenoxy) is 1. The summed E-state index contributed by atoms with van der Waals surface area (Å²) in [5, 5.41) is 0. The van der Waals surface area contributed by atoms with E-state index in [1.165, 1.54) is 0 Å². The fourth-order valence-electron chi connectivity index (χ4n) is 2.32. The predicted octanol–water partition coefficient (Wildman–Crippen LogP) is 2.74. The molecule has 0 spiro atoms. The van der Waals surface area contributed by atoms with Crippen LogP contribution in [0.2, 0.25) is 0 Å². The van der Waals surface area contributed by atoms with Crippen LogP contribution in [0.3, 0.4) is 0 Å².